The quantitative estimate of drug-likeness (QED) is 0.741. The van der Waals surface area contributed by atoms with Crippen LogP contribution in [0.5, 0.6) is 0 Å². The Morgan fingerprint density at radius 2 is 1.71 bits per heavy atom. The number of nitrogens with zero attached hydrogens (tertiary/aromatic N) is 1. The maximum absolute atomic E-state index is 3.62. The lowest BCUT2D eigenvalue weighted by molar-refractivity contribution is 0.159. The van der Waals surface area contributed by atoms with Gasteiger partial charge in [-0.2, -0.15) is 0 Å². The minimum Gasteiger partial charge on any atom is -0.370 e. The van der Waals surface area contributed by atoms with E-state index in [-0.39, 0.29) is 0 Å². The van der Waals surface area contributed by atoms with Gasteiger partial charge in [0, 0.05) is 17.6 Å². The van der Waals surface area contributed by atoms with Gasteiger partial charge in [0.1, 0.15) is 0 Å². The van der Waals surface area contributed by atoms with Gasteiger partial charge in [-0.15, -0.1) is 0 Å². The van der Waals surface area contributed by atoms with Crippen LogP contribution in [0.1, 0.15) is 12.8 Å². The van der Waals surface area contributed by atoms with E-state index in [0.29, 0.717) is 0 Å². The van der Waals surface area contributed by atoms with Gasteiger partial charge in [-0.05, 0) is 52.7 Å². The molecule has 0 amide bonds. The van der Waals surface area contributed by atoms with Gasteiger partial charge < -0.3 is 4.90 Å². The molecule has 2 aliphatic heterocycles. The molecule has 0 atom stereocenters. The Hall–Kier alpha value is -0.500. The summed E-state index contributed by atoms with van der Waals surface area (Å²) in [5.74, 6) is 1.95. The van der Waals surface area contributed by atoms with Gasteiger partial charge in [-0.3, -0.25) is 0 Å². The van der Waals surface area contributed by atoms with E-state index in [0.717, 1.165) is 11.8 Å². The number of halogens is 1. The SMILES string of the molecule is Brc1ccccc1N1CC2CC(C2)C1. The predicted octanol–water partition coefficient (Wildman–Crippen LogP) is 3.30. The summed E-state index contributed by atoms with van der Waals surface area (Å²) < 4.78 is 1.24. The predicted molar refractivity (Wildman–Crippen MR) is 62.6 cm³/mol. The summed E-state index contributed by atoms with van der Waals surface area (Å²) in [5.41, 5.74) is 1.38. The molecule has 1 nitrogen and oxygen atoms in total. The van der Waals surface area contributed by atoms with Crippen molar-refractivity contribution in [2.75, 3.05) is 18.0 Å². The van der Waals surface area contributed by atoms with E-state index in [1.54, 1.807) is 0 Å². The maximum Gasteiger partial charge on any atom is 0.0510 e. The number of hydrogen-bond donors (Lipinski definition) is 0. The highest BCUT2D eigenvalue weighted by molar-refractivity contribution is 9.10. The molecule has 0 aromatic heterocycles. The fraction of sp³-hybridized carbons (Fsp3) is 0.500. The number of anilines is 1. The Bertz CT molecular complexity index is 334. The van der Waals surface area contributed by atoms with E-state index in [4.69, 9.17) is 0 Å². The van der Waals surface area contributed by atoms with Crippen LogP contribution in [-0.4, -0.2) is 13.1 Å². The average Bonchev–Trinajstić information content (AvgIpc) is 2.17. The molecule has 14 heavy (non-hydrogen) atoms. The zero-order valence-electron chi connectivity index (χ0n) is 8.12. The van der Waals surface area contributed by atoms with Crippen LogP contribution in [0.2, 0.25) is 0 Å². The molecule has 1 aliphatic carbocycles. The molecule has 3 fully saturated rings. The van der Waals surface area contributed by atoms with Gasteiger partial charge in [0.15, 0.2) is 0 Å². The normalized spacial score (nSPS) is 29.9. The zero-order chi connectivity index (χ0) is 9.54. The van der Waals surface area contributed by atoms with Crippen LogP contribution in [0.25, 0.3) is 0 Å². The van der Waals surface area contributed by atoms with Crippen molar-refractivity contribution in [1.82, 2.24) is 0 Å². The Morgan fingerprint density at radius 3 is 2.36 bits per heavy atom. The van der Waals surface area contributed by atoms with Crippen molar-refractivity contribution in [2.45, 2.75) is 12.8 Å². The number of fused-ring (bicyclic) bond motifs is 2. The van der Waals surface area contributed by atoms with Crippen molar-refractivity contribution in [3.05, 3.63) is 28.7 Å². The average molecular weight is 252 g/mol. The van der Waals surface area contributed by atoms with E-state index >= 15 is 0 Å². The monoisotopic (exact) mass is 251 g/mol. The Balaban J connectivity index is 1.85. The summed E-state index contributed by atoms with van der Waals surface area (Å²) in [6.07, 6.45) is 2.95. The third-order valence-electron chi connectivity index (χ3n) is 3.48. The van der Waals surface area contributed by atoms with Gasteiger partial charge in [0.2, 0.25) is 0 Å². The first-order chi connectivity index (χ1) is 6.83. The lowest BCUT2D eigenvalue weighted by atomic mass is 9.71. The molecule has 0 N–H and O–H groups in total. The van der Waals surface area contributed by atoms with Crippen molar-refractivity contribution in [1.29, 1.82) is 0 Å². The molecule has 2 heteroatoms. The van der Waals surface area contributed by atoms with Crippen molar-refractivity contribution < 1.29 is 0 Å². The highest BCUT2D eigenvalue weighted by Crippen LogP contribution is 2.42. The molecule has 74 valence electrons. The zero-order valence-corrected chi connectivity index (χ0v) is 9.70. The second-order valence-electron chi connectivity index (χ2n) is 4.56. The summed E-state index contributed by atoms with van der Waals surface area (Å²) in [6, 6.07) is 8.56. The number of piperidine rings is 2. The largest absolute Gasteiger partial charge is 0.370 e. The summed E-state index contributed by atoms with van der Waals surface area (Å²) in [6.45, 7) is 2.53. The summed E-state index contributed by atoms with van der Waals surface area (Å²) in [7, 11) is 0. The Labute approximate surface area is 93.2 Å². The lowest BCUT2D eigenvalue weighted by Crippen LogP contribution is -2.48. The Morgan fingerprint density at radius 1 is 1.07 bits per heavy atom. The van der Waals surface area contributed by atoms with E-state index in [1.165, 1.54) is 36.1 Å². The number of para-hydroxylation sites is 1. The van der Waals surface area contributed by atoms with Gasteiger partial charge in [0.25, 0.3) is 0 Å². The van der Waals surface area contributed by atoms with Gasteiger partial charge in [-0.25, -0.2) is 0 Å². The first kappa shape index (κ1) is 8.78. The highest BCUT2D eigenvalue weighted by Gasteiger charge is 2.37. The summed E-state index contributed by atoms with van der Waals surface area (Å²) in [4.78, 5) is 2.53. The standard InChI is InChI=1S/C12H14BrN/c13-11-3-1-2-4-12(11)14-7-9-5-10(6-9)8-14/h1-4,9-10H,5-8H2. The molecule has 4 rings (SSSR count). The molecule has 1 aromatic carbocycles. The molecular formula is C12H14BrN. The molecule has 2 heterocycles. The molecule has 0 radical (unpaired) electrons. The first-order valence-electron chi connectivity index (χ1n) is 5.32. The molecule has 0 spiro atoms. The van der Waals surface area contributed by atoms with Crippen LogP contribution in [0, 0.1) is 11.8 Å². The maximum atomic E-state index is 3.62. The smallest absolute Gasteiger partial charge is 0.0510 e. The summed E-state index contributed by atoms with van der Waals surface area (Å²) >= 11 is 3.62. The topological polar surface area (TPSA) is 3.24 Å². The van der Waals surface area contributed by atoms with Gasteiger partial charge in [0.05, 0.1) is 5.69 Å². The first-order valence-corrected chi connectivity index (χ1v) is 6.11. The van der Waals surface area contributed by atoms with Gasteiger partial charge in [-0.1, -0.05) is 12.1 Å². The van der Waals surface area contributed by atoms with Crippen LogP contribution in [0.15, 0.2) is 28.7 Å². The fourth-order valence-electron chi connectivity index (χ4n) is 2.77. The Kier molecular flexibility index (Phi) is 2.05. The number of hydrogen-bond acceptors (Lipinski definition) is 1. The van der Waals surface area contributed by atoms with E-state index < -0.39 is 0 Å². The van der Waals surface area contributed by atoms with Crippen molar-refractivity contribution in [2.24, 2.45) is 11.8 Å². The van der Waals surface area contributed by atoms with Crippen LogP contribution in [0.3, 0.4) is 0 Å². The fourth-order valence-corrected chi connectivity index (χ4v) is 3.31. The highest BCUT2D eigenvalue weighted by atomic mass is 79.9. The van der Waals surface area contributed by atoms with Crippen molar-refractivity contribution in [3.8, 4) is 0 Å². The number of rotatable bonds is 1. The summed E-state index contributed by atoms with van der Waals surface area (Å²) in [5, 5.41) is 0. The molecule has 2 saturated heterocycles. The van der Waals surface area contributed by atoms with E-state index in [1.807, 2.05) is 0 Å². The van der Waals surface area contributed by atoms with Crippen LogP contribution in [-0.2, 0) is 0 Å². The van der Waals surface area contributed by atoms with Crippen LogP contribution in [0.4, 0.5) is 5.69 Å². The van der Waals surface area contributed by atoms with Gasteiger partial charge >= 0.3 is 0 Å². The van der Waals surface area contributed by atoms with Crippen molar-refractivity contribution in [3.63, 3.8) is 0 Å². The second-order valence-corrected chi connectivity index (χ2v) is 5.41. The van der Waals surface area contributed by atoms with Crippen molar-refractivity contribution >= 4 is 21.6 Å². The van der Waals surface area contributed by atoms with E-state index in [2.05, 4.69) is 45.1 Å². The lowest BCUT2D eigenvalue weighted by Gasteiger charge is -2.48. The molecule has 2 bridgehead atoms. The molecule has 3 aliphatic rings. The number of benzene rings is 1. The molecular weight excluding hydrogens is 238 g/mol. The van der Waals surface area contributed by atoms with E-state index in [9.17, 15) is 0 Å². The van der Waals surface area contributed by atoms with Crippen LogP contribution >= 0.6 is 15.9 Å². The third kappa shape index (κ3) is 1.36. The molecule has 1 saturated carbocycles. The second kappa shape index (κ2) is 3.27. The minimum absolute atomic E-state index is 0.973. The third-order valence-corrected chi connectivity index (χ3v) is 4.15. The molecule has 0 unspecified atom stereocenters. The molecule has 1 aromatic rings. The minimum atomic E-state index is 0.973. The van der Waals surface area contributed by atoms with Crippen LogP contribution < -0.4 is 4.90 Å².